The molecule has 2 heterocycles. The van der Waals surface area contributed by atoms with Crippen LogP contribution in [-0.4, -0.2) is 26.4 Å². The van der Waals surface area contributed by atoms with Gasteiger partial charge in [-0.05, 0) is 37.8 Å². The number of amides is 1. The Balaban J connectivity index is 1.49. The highest BCUT2D eigenvalue weighted by molar-refractivity contribution is 7.99. The highest BCUT2D eigenvalue weighted by atomic mass is 32.2. The first kappa shape index (κ1) is 19.3. The fourth-order valence-electron chi connectivity index (χ4n) is 3.16. The van der Waals surface area contributed by atoms with E-state index in [2.05, 4.69) is 21.6 Å². The Morgan fingerprint density at radius 1 is 1.31 bits per heavy atom. The Morgan fingerprint density at radius 2 is 2.07 bits per heavy atom. The molecule has 0 bridgehead atoms. The molecule has 1 saturated carbocycles. The number of thioether (sulfide) groups is 1. The van der Waals surface area contributed by atoms with E-state index < -0.39 is 0 Å². The van der Waals surface area contributed by atoms with Crippen LogP contribution in [-0.2, 0) is 11.3 Å². The van der Waals surface area contributed by atoms with Crippen LogP contribution in [0.15, 0.2) is 40.0 Å². The molecule has 1 aliphatic rings. The molecule has 0 saturated heterocycles. The molecule has 1 aromatic carbocycles. The van der Waals surface area contributed by atoms with Crippen LogP contribution in [0.5, 0.6) is 0 Å². The minimum atomic E-state index is -0.218. The van der Waals surface area contributed by atoms with Gasteiger partial charge in [-0.2, -0.15) is 5.26 Å². The minimum absolute atomic E-state index is 0.131. The molecule has 1 amide bonds. The summed E-state index contributed by atoms with van der Waals surface area (Å²) >= 11 is 1.20. The molecule has 2 aromatic heterocycles. The monoisotopic (exact) mass is 407 g/mol. The predicted molar refractivity (Wildman–Crippen MR) is 110 cm³/mol. The number of anilines is 1. The third kappa shape index (κ3) is 4.20. The average molecular weight is 407 g/mol. The number of benzene rings is 1. The highest BCUT2D eigenvalue weighted by Gasteiger charge is 2.29. The summed E-state index contributed by atoms with van der Waals surface area (Å²) in [5.74, 6) is 1.48. The quantitative estimate of drug-likeness (QED) is 0.594. The Hall–Kier alpha value is -3.05. The SMILES string of the molecule is Cc1c(C#N)c(NC(=O)CSc2nnc(C3CC3)o2)n(Cc2ccccc2)c1C. The van der Waals surface area contributed by atoms with Crippen molar-refractivity contribution >= 4 is 23.5 Å². The average Bonchev–Trinajstić information content (AvgIpc) is 3.43. The molecule has 1 N–H and O–H groups in total. The molecule has 8 heteroatoms. The first-order valence-electron chi connectivity index (χ1n) is 9.46. The summed E-state index contributed by atoms with van der Waals surface area (Å²) in [6.07, 6.45) is 2.17. The van der Waals surface area contributed by atoms with Crippen molar-refractivity contribution in [2.45, 2.75) is 44.4 Å². The summed E-state index contributed by atoms with van der Waals surface area (Å²) in [4.78, 5) is 12.6. The van der Waals surface area contributed by atoms with Gasteiger partial charge in [-0.15, -0.1) is 10.2 Å². The van der Waals surface area contributed by atoms with Gasteiger partial charge in [0.05, 0.1) is 11.3 Å². The van der Waals surface area contributed by atoms with Gasteiger partial charge in [0.1, 0.15) is 11.9 Å². The van der Waals surface area contributed by atoms with Crippen molar-refractivity contribution in [3.8, 4) is 6.07 Å². The maximum Gasteiger partial charge on any atom is 0.277 e. The Labute approximate surface area is 173 Å². The van der Waals surface area contributed by atoms with Gasteiger partial charge in [0.2, 0.25) is 11.8 Å². The van der Waals surface area contributed by atoms with Crippen molar-refractivity contribution in [2.75, 3.05) is 11.1 Å². The van der Waals surface area contributed by atoms with E-state index in [-0.39, 0.29) is 11.7 Å². The van der Waals surface area contributed by atoms with E-state index in [1.807, 2.05) is 48.7 Å². The third-order valence-electron chi connectivity index (χ3n) is 5.06. The van der Waals surface area contributed by atoms with Crippen LogP contribution in [0.4, 0.5) is 5.82 Å². The van der Waals surface area contributed by atoms with Crippen LogP contribution in [0.2, 0.25) is 0 Å². The van der Waals surface area contributed by atoms with Crippen LogP contribution in [0.25, 0.3) is 0 Å². The first-order chi connectivity index (χ1) is 14.1. The lowest BCUT2D eigenvalue weighted by atomic mass is 10.2. The van der Waals surface area contributed by atoms with E-state index in [1.165, 1.54) is 11.8 Å². The van der Waals surface area contributed by atoms with Gasteiger partial charge in [0.15, 0.2) is 0 Å². The van der Waals surface area contributed by atoms with Crippen LogP contribution in [0, 0.1) is 25.2 Å². The van der Waals surface area contributed by atoms with Crippen molar-refractivity contribution in [1.29, 1.82) is 5.26 Å². The predicted octanol–water partition coefficient (Wildman–Crippen LogP) is 4.02. The highest BCUT2D eigenvalue weighted by Crippen LogP contribution is 2.39. The molecule has 0 aliphatic heterocycles. The molecule has 0 radical (unpaired) electrons. The van der Waals surface area contributed by atoms with Gasteiger partial charge < -0.3 is 14.3 Å². The molecule has 148 valence electrons. The lowest BCUT2D eigenvalue weighted by molar-refractivity contribution is -0.113. The van der Waals surface area contributed by atoms with Crippen molar-refractivity contribution in [1.82, 2.24) is 14.8 Å². The Kier molecular flexibility index (Phi) is 5.41. The second-order valence-electron chi connectivity index (χ2n) is 7.13. The summed E-state index contributed by atoms with van der Waals surface area (Å²) in [5.41, 5.74) is 3.42. The van der Waals surface area contributed by atoms with Crippen molar-refractivity contribution < 1.29 is 9.21 Å². The van der Waals surface area contributed by atoms with Gasteiger partial charge >= 0.3 is 0 Å². The molecule has 7 nitrogen and oxygen atoms in total. The molecule has 1 fully saturated rings. The van der Waals surface area contributed by atoms with Gasteiger partial charge in [-0.25, -0.2) is 0 Å². The number of nitriles is 1. The topological polar surface area (TPSA) is 96.7 Å². The molecule has 3 aromatic rings. The number of aromatic nitrogens is 3. The van der Waals surface area contributed by atoms with Gasteiger partial charge in [0, 0.05) is 18.2 Å². The lowest BCUT2D eigenvalue weighted by Gasteiger charge is -2.13. The van der Waals surface area contributed by atoms with E-state index in [0.29, 0.717) is 35.0 Å². The fraction of sp³-hybridized carbons (Fsp3) is 0.333. The molecular weight excluding hydrogens is 386 g/mol. The molecular formula is C21H21N5O2S. The van der Waals surface area contributed by atoms with Crippen LogP contribution in [0.3, 0.4) is 0 Å². The lowest BCUT2D eigenvalue weighted by Crippen LogP contribution is -2.18. The number of hydrogen-bond donors (Lipinski definition) is 1. The van der Waals surface area contributed by atoms with Gasteiger partial charge in [-0.1, -0.05) is 42.1 Å². The molecule has 0 spiro atoms. The van der Waals surface area contributed by atoms with E-state index in [1.54, 1.807) is 0 Å². The van der Waals surface area contributed by atoms with Gasteiger partial charge in [-0.3, -0.25) is 4.79 Å². The van der Waals surface area contributed by atoms with Crippen LogP contribution >= 0.6 is 11.8 Å². The van der Waals surface area contributed by atoms with Gasteiger partial charge in [0.25, 0.3) is 5.22 Å². The maximum atomic E-state index is 12.6. The standard InChI is InChI=1S/C21H21N5O2S/c1-13-14(2)26(11-15-6-4-3-5-7-15)19(17(13)10-22)23-18(27)12-29-21-25-24-20(28-21)16-8-9-16/h3-7,16H,8-9,11-12H2,1-2H3,(H,23,27). The summed E-state index contributed by atoms with van der Waals surface area (Å²) < 4.78 is 7.56. The van der Waals surface area contributed by atoms with E-state index in [0.717, 1.165) is 29.7 Å². The summed E-state index contributed by atoms with van der Waals surface area (Å²) in [6.45, 7) is 4.44. The second kappa shape index (κ2) is 8.13. The number of carbonyl (C=O) groups excluding carboxylic acids is 1. The number of hydrogen-bond acceptors (Lipinski definition) is 6. The molecule has 29 heavy (non-hydrogen) atoms. The molecule has 0 unspecified atom stereocenters. The number of nitrogens with zero attached hydrogens (tertiary/aromatic N) is 4. The van der Waals surface area contributed by atoms with Crippen molar-refractivity contribution in [3.63, 3.8) is 0 Å². The van der Waals surface area contributed by atoms with Crippen LogP contribution in [0.1, 0.15) is 47.0 Å². The van der Waals surface area contributed by atoms with Crippen LogP contribution < -0.4 is 5.32 Å². The number of rotatable bonds is 7. The molecule has 4 rings (SSSR count). The summed E-state index contributed by atoms with van der Waals surface area (Å²) in [6, 6.07) is 12.2. The molecule has 0 atom stereocenters. The van der Waals surface area contributed by atoms with E-state index >= 15 is 0 Å². The number of carbonyl (C=O) groups is 1. The second-order valence-corrected chi connectivity index (χ2v) is 8.06. The fourth-order valence-corrected chi connectivity index (χ4v) is 3.73. The largest absolute Gasteiger partial charge is 0.416 e. The summed E-state index contributed by atoms with van der Waals surface area (Å²) in [7, 11) is 0. The third-order valence-corrected chi connectivity index (χ3v) is 5.88. The zero-order chi connectivity index (χ0) is 20.4. The van der Waals surface area contributed by atoms with E-state index in [4.69, 9.17) is 4.42 Å². The normalized spacial score (nSPS) is 13.3. The first-order valence-corrected chi connectivity index (χ1v) is 10.4. The molecule has 1 aliphatic carbocycles. The minimum Gasteiger partial charge on any atom is -0.416 e. The zero-order valence-corrected chi connectivity index (χ0v) is 17.1. The Morgan fingerprint density at radius 3 is 2.76 bits per heavy atom. The zero-order valence-electron chi connectivity index (χ0n) is 16.3. The number of nitrogens with one attached hydrogen (secondary N) is 1. The van der Waals surface area contributed by atoms with Crippen molar-refractivity contribution in [3.05, 3.63) is 58.6 Å². The smallest absolute Gasteiger partial charge is 0.277 e. The maximum absolute atomic E-state index is 12.6. The van der Waals surface area contributed by atoms with Crippen molar-refractivity contribution in [2.24, 2.45) is 0 Å². The van der Waals surface area contributed by atoms with E-state index in [9.17, 15) is 10.1 Å². The Bertz CT molecular complexity index is 1080. The summed E-state index contributed by atoms with van der Waals surface area (Å²) in [5, 5.41) is 21.0.